The molecule has 0 spiro atoms. The molecule has 2 aromatic rings. The predicted octanol–water partition coefficient (Wildman–Crippen LogP) is 5.05. The quantitative estimate of drug-likeness (QED) is 0.490. The summed E-state index contributed by atoms with van der Waals surface area (Å²) in [5.41, 5.74) is 3.25. The van der Waals surface area contributed by atoms with Crippen LogP contribution in [-0.2, 0) is 19.8 Å². The molecule has 4 nitrogen and oxygen atoms in total. The van der Waals surface area contributed by atoms with Gasteiger partial charge in [-0.05, 0) is 78.4 Å². The van der Waals surface area contributed by atoms with E-state index in [2.05, 4.69) is 24.4 Å². The Kier molecular flexibility index (Phi) is 8.70. The topological polar surface area (TPSA) is 69.9 Å². The highest BCUT2D eigenvalue weighted by molar-refractivity contribution is 7.10. The van der Waals surface area contributed by atoms with Crippen LogP contribution in [0.2, 0.25) is 0 Å². The van der Waals surface area contributed by atoms with Gasteiger partial charge in [0.25, 0.3) is 0 Å². The number of aliphatic hydroxyl groups is 3. The van der Waals surface area contributed by atoms with Crippen molar-refractivity contribution in [3.05, 3.63) is 57.3 Å². The van der Waals surface area contributed by atoms with Crippen molar-refractivity contribution in [1.29, 1.82) is 0 Å². The Morgan fingerprint density at radius 3 is 2.46 bits per heavy atom. The molecule has 0 aliphatic rings. The average molecular weight is 405 g/mol. The average Bonchev–Trinajstić information content (AvgIpc) is 3.21. The maximum Gasteiger partial charge on any atom is 0.122 e. The lowest BCUT2D eigenvalue weighted by atomic mass is 9.91. The Bertz CT molecular complexity index is 775. The van der Waals surface area contributed by atoms with Crippen molar-refractivity contribution in [2.75, 3.05) is 0 Å². The van der Waals surface area contributed by atoms with E-state index in [9.17, 15) is 15.3 Å². The van der Waals surface area contributed by atoms with Crippen LogP contribution in [0.3, 0.4) is 0 Å². The lowest BCUT2D eigenvalue weighted by Gasteiger charge is -2.24. The molecule has 0 unspecified atom stereocenters. The van der Waals surface area contributed by atoms with Gasteiger partial charge in [0.05, 0.1) is 18.8 Å². The Morgan fingerprint density at radius 2 is 1.82 bits per heavy atom. The summed E-state index contributed by atoms with van der Waals surface area (Å²) in [6.45, 7) is 6.42. The van der Waals surface area contributed by atoms with Crippen LogP contribution in [0.5, 0.6) is 5.75 Å². The molecule has 5 heteroatoms. The molecular weight excluding hydrogens is 372 g/mol. The Hall–Kier alpha value is -1.66. The Morgan fingerprint density at radius 1 is 1.11 bits per heavy atom. The van der Waals surface area contributed by atoms with E-state index in [0.717, 1.165) is 30.6 Å². The summed E-state index contributed by atoms with van der Waals surface area (Å²) in [5, 5.41) is 31.2. The fourth-order valence-electron chi connectivity index (χ4n) is 3.09. The molecule has 1 aromatic carbocycles. The minimum atomic E-state index is -0.552. The van der Waals surface area contributed by atoms with Crippen LogP contribution < -0.4 is 4.74 Å². The molecule has 0 saturated carbocycles. The second kappa shape index (κ2) is 10.8. The van der Waals surface area contributed by atoms with E-state index in [1.165, 1.54) is 11.1 Å². The Balaban J connectivity index is 1.94. The molecule has 0 fully saturated rings. The van der Waals surface area contributed by atoms with Gasteiger partial charge in [-0.15, -0.1) is 11.3 Å². The van der Waals surface area contributed by atoms with E-state index in [-0.39, 0.29) is 13.2 Å². The van der Waals surface area contributed by atoms with Crippen molar-refractivity contribution in [1.82, 2.24) is 0 Å². The maximum absolute atomic E-state index is 10.4. The smallest absolute Gasteiger partial charge is 0.122 e. The van der Waals surface area contributed by atoms with Crippen molar-refractivity contribution in [3.8, 4) is 5.75 Å². The normalized spacial score (nSPS) is 12.4. The van der Waals surface area contributed by atoms with Gasteiger partial charge in [-0.2, -0.15) is 0 Å². The van der Waals surface area contributed by atoms with Crippen molar-refractivity contribution >= 4 is 16.9 Å². The van der Waals surface area contributed by atoms with E-state index < -0.39 is 5.60 Å². The monoisotopic (exact) mass is 404 g/mol. The maximum atomic E-state index is 10.4. The number of benzene rings is 1. The highest BCUT2D eigenvalue weighted by atomic mass is 32.1. The molecule has 0 saturated heterocycles. The molecule has 1 heterocycles. The lowest BCUT2D eigenvalue weighted by Crippen LogP contribution is -2.25. The number of hydrogen-bond acceptors (Lipinski definition) is 5. The standard InChI is InChI=1S/C23H32O4S/c1-4-23(26,5-2)10-6-7-17(3)20-12-22(28-16-20)15-27-21-9-8-18(13-24)19(11-21)14-25/h7-9,11-12,16,24-26H,4-6,10,13-15H2,1-3H3/b17-7+. The second-order valence-electron chi connectivity index (χ2n) is 7.19. The summed E-state index contributed by atoms with van der Waals surface area (Å²) >= 11 is 1.66. The van der Waals surface area contributed by atoms with Crippen LogP contribution in [0.1, 0.15) is 68.0 Å². The van der Waals surface area contributed by atoms with Crippen LogP contribution in [0.25, 0.3) is 5.57 Å². The van der Waals surface area contributed by atoms with Gasteiger partial charge in [-0.1, -0.05) is 26.0 Å². The van der Waals surface area contributed by atoms with Gasteiger partial charge >= 0.3 is 0 Å². The SMILES string of the molecule is CCC(O)(CC)CC/C=C(\C)c1csc(COc2ccc(CO)c(CO)c2)c1. The zero-order valence-electron chi connectivity index (χ0n) is 17.1. The minimum absolute atomic E-state index is 0.0933. The minimum Gasteiger partial charge on any atom is -0.488 e. The van der Waals surface area contributed by atoms with E-state index >= 15 is 0 Å². The Labute approximate surface area is 172 Å². The number of rotatable bonds is 11. The van der Waals surface area contributed by atoms with Gasteiger partial charge in [0.15, 0.2) is 0 Å². The van der Waals surface area contributed by atoms with E-state index in [0.29, 0.717) is 23.5 Å². The van der Waals surface area contributed by atoms with Crippen molar-refractivity contribution < 1.29 is 20.1 Å². The third-order valence-corrected chi connectivity index (χ3v) is 6.30. The van der Waals surface area contributed by atoms with Crippen LogP contribution in [0.4, 0.5) is 0 Å². The molecule has 0 bridgehead atoms. The molecular formula is C23H32O4S. The predicted molar refractivity (Wildman–Crippen MR) is 115 cm³/mol. The molecule has 0 radical (unpaired) electrons. The zero-order chi connectivity index (χ0) is 20.6. The van der Waals surface area contributed by atoms with Crippen molar-refractivity contribution in [2.45, 2.75) is 71.9 Å². The van der Waals surface area contributed by atoms with Gasteiger partial charge in [0.2, 0.25) is 0 Å². The highest BCUT2D eigenvalue weighted by Gasteiger charge is 2.20. The first kappa shape index (κ1) is 22.6. The molecule has 0 aliphatic carbocycles. The number of aliphatic hydroxyl groups excluding tert-OH is 2. The van der Waals surface area contributed by atoms with Crippen LogP contribution in [0.15, 0.2) is 35.7 Å². The summed E-state index contributed by atoms with van der Waals surface area (Å²) in [4.78, 5) is 1.12. The highest BCUT2D eigenvalue weighted by Crippen LogP contribution is 2.26. The first-order valence-corrected chi connectivity index (χ1v) is 10.8. The first-order chi connectivity index (χ1) is 13.4. The zero-order valence-corrected chi connectivity index (χ0v) is 17.9. The summed E-state index contributed by atoms with van der Waals surface area (Å²) < 4.78 is 5.85. The van der Waals surface area contributed by atoms with Gasteiger partial charge in [0, 0.05) is 4.88 Å². The third kappa shape index (κ3) is 6.17. The van der Waals surface area contributed by atoms with E-state index in [1.54, 1.807) is 23.5 Å². The summed E-state index contributed by atoms with van der Waals surface area (Å²) in [7, 11) is 0. The fourth-order valence-corrected chi connectivity index (χ4v) is 3.94. The van der Waals surface area contributed by atoms with Crippen LogP contribution in [-0.4, -0.2) is 20.9 Å². The molecule has 0 atom stereocenters. The van der Waals surface area contributed by atoms with Gasteiger partial charge in [-0.25, -0.2) is 0 Å². The first-order valence-electron chi connectivity index (χ1n) is 9.88. The van der Waals surface area contributed by atoms with Gasteiger partial charge in [0.1, 0.15) is 12.4 Å². The summed E-state index contributed by atoms with van der Waals surface area (Å²) in [6.07, 6.45) is 5.42. The van der Waals surface area contributed by atoms with Crippen molar-refractivity contribution in [2.24, 2.45) is 0 Å². The molecule has 0 amide bonds. The lowest BCUT2D eigenvalue weighted by molar-refractivity contribution is 0.0246. The molecule has 0 aliphatic heterocycles. The summed E-state index contributed by atoms with van der Waals surface area (Å²) in [5.74, 6) is 0.682. The van der Waals surface area contributed by atoms with Crippen LogP contribution >= 0.6 is 11.3 Å². The van der Waals surface area contributed by atoms with Gasteiger partial charge in [-0.3, -0.25) is 0 Å². The van der Waals surface area contributed by atoms with E-state index in [4.69, 9.17) is 4.74 Å². The summed E-state index contributed by atoms with van der Waals surface area (Å²) in [6, 6.07) is 7.50. The molecule has 3 N–H and O–H groups in total. The third-order valence-electron chi connectivity index (χ3n) is 5.39. The fraction of sp³-hybridized carbons (Fsp3) is 0.478. The molecule has 1 aromatic heterocycles. The number of hydrogen-bond donors (Lipinski definition) is 3. The van der Waals surface area contributed by atoms with E-state index in [1.807, 2.05) is 19.9 Å². The largest absolute Gasteiger partial charge is 0.488 e. The van der Waals surface area contributed by atoms with Gasteiger partial charge < -0.3 is 20.1 Å². The number of thiophene rings is 1. The molecule has 154 valence electrons. The molecule has 28 heavy (non-hydrogen) atoms. The molecule has 2 rings (SSSR count). The number of allylic oxidation sites excluding steroid dienone is 2. The number of ether oxygens (including phenoxy) is 1. The second-order valence-corrected chi connectivity index (χ2v) is 8.19. The van der Waals surface area contributed by atoms with Crippen LogP contribution in [0, 0.1) is 0 Å². The van der Waals surface area contributed by atoms with Crippen molar-refractivity contribution in [3.63, 3.8) is 0 Å².